The number of anilines is 6. The molecule has 0 amide bonds. The first-order valence-corrected chi connectivity index (χ1v) is 20.9. The van der Waals surface area contributed by atoms with Crippen molar-refractivity contribution in [2.75, 3.05) is 9.80 Å². The zero-order chi connectivity index (χ0) is 45.3. The minimum Gasteiger partial charge on any atom is -0.309 e. The fraction of sp³-hybridized carbons (Fsp3) is 0. The standard InChI is InChI=1S/C60H40N2/c1-3-15-41(16-4-1)42-27-29-43(30-28-42)44-31-35-48(36-32-44)62-58-26-14-12-24-54(58)50-20-8-10-22-52(50)56-40-46(34-38-60(56)62)45-33-37-59-55(39-45)51-21-9-7-19-49(51)53-23-11-13-25-57(53)61(59)47-17-5-2-6-18-47/h1-40H/i2D,5D,6D,17D,18D. The molecule has 0 N–H and O–H groups in total. The monoisotopic (exact) mass is 793 g/mol. The lowest BCUT2D eigenvalue weighted by atomic mass is 9.90. The van der Waals surface area contributed by atoms with E-state index in [-0.39, 0.29) is 29.9 Å². The molecule has 0 unspecified atom stereocenters. The molecular formula is C60H40N2. The van der Waals surface area contributed by atoms with Crippen LogP contribution in [0.25, 0.3) is 77.9 Å². The number of nitrogens with zero attached hydrogens (tertiary/aromatic N) is 2. The Morgan fingerprint density at radius 1 is 0.242 bits per heavy atom. The third-order valence-corrected chi connectivity index (χ3v) is 12.3. The predicted octanol–water partition coefficient (Wildman–Crippen LogP) is 16.9. The smallest absolute Gasteiger partial charge is 0.0645 e. The highest BCUT2D eigenvalue weighted by atomic mass is 15.2. The van der Waals surface area contributed by atoms with E-state index in [9.17, 15) is 0 Å². The van der Waals surface area contributed by atoms with E-state index in [1.165, 1.54) is 11.1 Å². The molecule has 0 spiro atoms. The lowest BCUT2D eigenvalue weighted by Crippen LogP contribution is -2.11. The van der Waals surface area contributed by atoms with Gasteiger partial charge in [-0.15, -0.1) is 0 Å². The van der Waals surface area contributed by atoms with Gasteiger partial charge in [0.1, 0.15) is 0 Å². The van der Waals surface area contributed by atoms with Crippen molar-refractivity contribution in [2.45, 2.75) is 0 Å². The Bertz CT molecular complexity index is 3560. The van der Waals surface area contributed by atoms with Gasteiger partial charge in [0, 0.05) is 33.6 Å². The van der Waals surface area contributed by atoms with E-state index in [0.717, 1.165) is 95.2 Å². The van der Waals surface area contributed by atoms with Crippen LogP contribution in [-0.4, -0.2) is 0 Å². The summed E-state index contributed by atoms with van der Waals surface area (Å²) in [4.78, 5) is 4.22. The Hall–Kier alpha value is -8.20. The first-order chi connectivity index (χ1) is 32.8. The lowest BCUT2D eigenvalue weighted by molar-refractivity contribution is 1.29. The Labute approximate surface area is 369 Å². The second-order valence-corrected chi connectivity index (χ2v) is 15.7. The summed E-state index contributed by atoms with van der Waals surface area (Å²) in [6.07, 6.45) is 0. The summed E-state index contributed by atoms with van der Waals surface area (Å²) < 4.78 is 43.9. The number of rotatable bonds is 5. The minimum absolute atomic E-state index is 0.107. The zero-order valence-electron chi connectivity index (χ0n) is 38.6. The molecule has 0 aliphatic carbocycles. The molecular weight excluding hydrogens is 749 g/mol. The van der Waals surface area contributed by atoms with E-state index >= 15 is 0 Å². The van der Waals surface area contributed by atoms with Crippen molar-refractivity contribution >= 4 is 34.1 Å². The van der Waals surface area contributed by atoms with E-state index in [1.807, 2.05) is 53.4 Å². The fourth-order valence-corrected chi connectivity index (χ4v) is 9.37. The van der Waals surface area contributed by atoms with Crippen molar-refractivity contribution < 1.29 is 6.85 Å². The Morgan fingerprint density at radius 2 is 0.581 bits per heavy atom. The maximum atomic E-state index is 9.12. The molecule has 2 aliphatic rings. The molecule has 2 nitrogen and oxygen atoms in total. The highest BCUT2D eigenvalue weighted by Crippen LogP contribution is 2.54. The van der Waals surface area contributed by atoms with Crippen LogP contribution in [-0.2, 0) is 0 Å². The average molecular weight is 794 g/mol. The van der Waals surface area contributed by atoms with Gasteiger partial charge in [0.05, 0.1) is 29.6 Å². The van der Waals surface area contributed by atoms with Crippen LogP contribution in [0.3, 0.4) is 0 Å². The first-order valence-electron chi connectivity index (χ1n) is 23.4. The van der Waals surface area contributed by atoms with Gasteiger partial charge in [-0.1, -0.05) is 182 Å². The van der Waals surface area contributed by atoms with Crippen LogP contribution < -0.4 is 9.80 Å². The van der Waals surface area contributed by atoms with E-state index in [1.54, 1.807) is 0 Å². The van der Waals surface area contributed by atoms with Crippen LogP contribution in [0.4, 0.5) is 34.1 Å². The maximum absolute atomic E-state index is 9.12. The summed E-state index contributed by atoms with van der Waals surface area (Å²) in [5, 5.41) is 0. The number of fused-ring (bicyclic) bond motifs is 10. The van der Waals surface area contributed by atoms with Crippen molar-refractivity contribution in [1.29, 1.82) is 0 Å². The van der Waals surface area contributed by atoms with Crippen LogP contribution in [0.1, 0.15) is 6.85 Å². The van der Waals surface area contributed by atoms with Gasteiger partial charge in [-0.05, 0) is 116 Å². The summed E-state index contributed by atoms with van der Waals surface area (Å²) in [6, 6.07) is 72.8. The predicted molar refractivity (Wildman–Crippen MR) is 261 cm³/mol. The van der Waals surface area contributed by atoms with Gasteiger partial charge in [-0.2, -0.15) is 0 Å². The summed E-state index contributed by atoms with van der Waals surface area (Å²) in [5.41, 5.74) is 19.7. The van der Waals surface area contributed by atoms with Gasteiger partial charge in [0.25, 0.3) is 0 Å². The summed E-state index contributed by atoms with van der Waals surface area (Å²) in [5.74, 6) is 0. The topological polar surface area (TPSA) is 6.48 Å². The molecule has 2 heteroatoms. The molecule has 0 fully saturated rings. The summed E-state index contributed by atoms with van der Waals surface area (Å²) in [6.45, 7) is 0. The van der Waals surface area contributed by atoms with Crippen molar-refractivity contribution in [2.24, 2.45) is 0 Å². The number of hydrogen-bond donors (Lipinski definition) is 0. The van der Waals surface area contributed by atoms with Gasteiger partial charge in [-0.25, -0.2) is 0 Å². The van der Waals surface area contributed by atoms with Gasteiger partial charge < -0.3 is 9.80 Å². The third-order valence-electron chi connectivity index (χ3n) is 12.3. The van der Waals surface area contributed by atoms with Crippen LogP contribution in [0.2, 0.25) is 0 Å². The van der Waals surface area contributed by atoms with Crippen molar-refractivity contribution in [3.63, 3.8) is 0 Å². The van der Waals surface area contributed by atoms with E-state index in [2.05, 4.69) is 169 Å². The molecule has 0 atom stereocenters. The van der Waals surface area contributed by atoms with Gasteiger partial charge in [0.2, 0.25) is 0 Å². The van der Waals surface area contributed by atoms with Gasteiger partial charge in [0.15, 0.2) is 0 Å². The molecule has 10 aromatic rings. The third kappa shape index (κ3) is 5.96. The molecule has 0 saturated carbocycles. The SMILES string of the molecule is [2H]c1c([2H])c([2H])c(N2c3ccccc3-c3ccccc3-c3cc(-c4ccc5c(c4)-c4ccccc4-c4ccccc4N5c4ccc(-c5ccc(-c6ccccc6)cc5)cc4)ccc32)c([2H])c1[2H]. The quantitative estimate of drug-likeness (QED) is 0.171. The van der Waals surface area contributed by atoms with Gasteiger partial charge >= 0.3 is 0 Å². The molecule has 0 saturated heterocycles. The zero-order valence-corrected chi connectivity index (χ0v) is 33.6. The number of para-hydroxylation sites is 3. The molecule has 12 rings (SSSR count). The van der Waals surface area contributed by atoms with E-state index in [0.29, 0.717) is 0 Å². The minimum atomic E-state index is -0.422. The molecule has 10 aromatic carbocycles. The maximum Gasteiger partial charge on any atom is 0.0645 e. The summed E-state index contributed by atoms with van der Waals surface area (Å²) in [7, 11) is 0. The second-order valence-electron chi connectivity index (χ2n) is 15.7. The first kappa shape index (κ1) is 30.8. The molecule has 2 aliphatic heterocycles. The Morgan fingerprint density at radius 3 is 1.06 bits per heavy atom. The van der Waals surface area contributed by atoms with Crippen LogP contribution in [0.15, 0.2) is 243 Å². The number of benzene rings is 10. The van der Waals surface area contributed by atoms with Crippen LogP contribution >= 0.6 is 0 Å². The molecule has 2 heterocycles. The Kier molecular flexibility index (Phi) is 7.35. The van der Waals surface area contributed by atoms with E-state index in [4.69, 9.17) is 6.85 Å². The molecule has 290 valence electrons. The van der Waals surface area contributed by atoms with Crippen molar-refractivity contribution in [3.8, 4) is 77.9 Å². The summed E-state index contributed by atoms with van der Waals surface area (Å²) >= 11 is 0. The largest absolute Gasteiger partial charge is 0.309 e. The van der Waals surface area contributed by atoms with Crippen molar-refractivity contribution in [3.05, 3.63) is 243 Å². The fourth-order valence-electron chi connectivity index (χ4n) is 9.37. The average Bonchev–Trinajstić information content (AvgIpc) is 3.59. The lowest BCUT2D eigenvalue weighted by Gasteiger charge is -2.28. The van der Waals surface area contributed by atoms with Crippen molar-refractivity contribution in [1.82, 2.24) is 0 Å². The molecule has 0 aromatic heterocycles. The highest BCUT2D eigenvalue weighted by Gasteiger charge is 2.28. The second kappa shape index (κ2) is 14.8. The normalized spacial score (nSPS) is 13.3. The Balaban J connectivity index is 1.01. The van der Waals surface area contributed by atoms with Crippen LogP contribution in [0, 0.1) is 0 Å². The van der Waals surface area contributed by atoms with Crippen LogP contribution in [0.5, 0.6) is 0 Å². The molecule has 0 bridgehead atoms. The molecule has 62 heavy (non-hydrogen) atoms. The number of hydrogen-bond acceptors (Lipinski definition) is 2. The molecule has 0 radical (unpaired) electrons. The van der Waals surface area contributed by atoms with E-state index < -0.39 is 6.04 Å². The van der Waals surface area contributed by atoms with Gasteiger partial charge in [-0.3, -0.25) is 0 Å². The highest BCUT2D eigenvalue weighted by molar-refractivity contribution is 6.05.